The van der Waals surface area contributed by atoms with Gasteiger partial charge in [-0.1, -0.05) is 0 Å². The number of aryl methyl sites for hydroxylation is 1. The summed E-state index contributed by atoms with van der Waals surface area (Å²) < 4.78 is 21.8. The van der Waals surface area contributed by atoms with Crippen LogP contribution in [0.2, 0.25) is 0 Å². The van der Waals surface area contributed by atoms with Gasteiger partial charge in [-0.25, -0.2) is 19.2 Å². The number of aromatic nitrogens is 3. The van der Waals surface area contributed by atoms with Crippen molar-refractivity contribution in [1.82, 2.24) is 14.5 Å². The summed E-state index contributed by atoms with van der Waals surface area (Å²) in [5, 5.41) is 0. The first-order chi connectivity index (χ1) is 14.3. The summed E-state index contributed by atoms with van der Waals surface area (Å²) in [6.07, 6.45) is 3.79. The van der Waals surface area contributed by atoms with Crippen molar-refractivity contribution in [1.29, 1.82) is 0 Å². The second kappa shape index (κ2) is 7.58. The molecule has 2 atom stereocenters. The van der Waals surface area contributed by atoms with Crippen molar-refractivity contribution in [2.24, 2.45) is 11.7 Å². The van der Waals surface area contributed by atoms with Gasteiger partial charge in [0.1, 0.15) is 24.1 Å². The zero-order valence-electron chi connectivity index (χ0n) is 16.4. The lowest BCUT2D eigenvalue weighted by atomic mass is 10.0. The number of carbonyl (C=O) groups is 2. The van der Waals surface area contributed by atoms with Crippen molar-refractivity contribution in [3.8, 4) is 16.9 Å². The molecule has 9 heteroatoms. The Morgan fingerprint density at radius 1 is 1.30 bits per heavy atom. The predicted molar refractivity (Wildman–Crippen MR) is 107 cm³/mol. The number of primary amides is 1. The number of pyridine rings is 1. The molecule has 1 fully saturated rings. The fraction of sp³-hybridized carbons (Fsp3) is 0.238. The van der Waals surface area contributed by atoms with Crippen molar-refractivity contribution < 1.29 is 18.7 Å². The van der Waals surface area contributed by atoms with Crippen molar-refractivity contribution in [3.63, 3.8) is 0 Å². The molecule has 0 aliphatic carbocycles. The Labute approximate surface area is 172 Å². The average molecular weight is 409 g/mol. The highest BCUT2D eigenvalue weighted by molar-refractivity contribution is 5.91. The Hall–Kier alpha value is -3.75. The number of imidazole rings is 1. The zero-order chi connectivity index (χ0) is 21.4. The molecule has 1 aliphatic rings. The second-order valence-corrected chi connectivity index (χ2v) is 7.22. The van der Waals surface area contributed by atoms with Crippen LogP contribution in [0.5, 0.6) is 0 Å². The van der Waals surface area contributed by atoms with Gasteiger partial charge in [0, 0.05) is 23.5 Å². The number of cyclic esters (lactones) is 1. The number of benzene rings is 1. The largest absolute Gasteiger partial charge is 0.443 e. The number of carbonyl (C=O) groups excluding carboxylic acids is 2. The summed E-state index contributed by atoms with van der Waals surface area (Å²) in [5.74, 6) is -1.02. The number of amides is 2. The molecule has 3 aromatic rings. The van der Waals surface area contributed by atoms with Crippen LogP contribution in [-0.2, 0) is 9.53 Å². The maximum Gasteiger partial charge on any atom is 0.414 e. The van der Waals surface area contributed by atoms with E-state index in [4.69, 9.17) is 10.5 Å². The summed E-state index contributed by atoms with van der Waals surface area (Å²) >= 11 is 0. The summed E-state index contributed by atoms with van der Waals surface area (Å²) in [6.45, 7) is 3.60. The van der Waals surface area contributed by atoms with Crippen LogP contribution in [0.3, 0.4) is 0 Å². The SMILES string of the molecule is Cc1cn(-c2ccc(-c3ccc(N4CC(C(C)C(N)=O)OC4=O)cc3F)cn2)cn1. The van der Waals surface area contributed by atoms with Crippen molar-refractivity contribution in [2.75, 3.05) is 11.4 Å². The van der Waals surface area contributed by atoms with E-state index in [1.165, 1.54) is 11.0 Å². The minimum Gasteiger partial charge on any atom is -0.443 e. The second-order valence-electron chi connectivity index (χ2n) is 7.22. The van der Waals surface area contributed by atoms with Crippen LogP contribution in [0.15, 0.2) is 49.1 Å². The van der Waals surface area contributed by atoms with E-state index in [9.17, 15) is 14.0 Å². The molecule has 2 aromatic heterocycles. The van der Waals surface area contributed by atoms with Gasteiger partial charge in [-0.2, -0.15) is 0 Å². The van der Waals surface area contributed by atoms with E-state index in [1.54, 1.807) is 48.3 Å². The van der Waals surface area contributed by atoms with Gasteiger partial charge in [0.25, 0.3) is 0 Å². The average Bonchev–Trinajstić information content (AvgIpc) is 3.33. The third-order valence-corrected chi connectivity index (χ3v) is 5.14. The predicted octanol–water partition coefficient (Wildman–Crippen LogP) is 2.83. The lowest BCUT2D eigenvalue weighted by Gasteiger charge is -2.16. The molecule has 154 valence electrons. The fourth-order valence-electron chi connectivity index (χ4n) is 3.29. The first-order valence-corrected chi connectivity index (χ1v) is 9.38. The third-order valence-electron chi connectivity index (χ3n) is 5.14. The minimum absolute atomic E-state index is 0.127. The lowest BCUT2D eigenvalue weighted by molar-refractivity contribution is -0.123. The molecule has 3 heterocycles. The van der Waals surface area contributed by atoms with E-state index in [0.717, 1.165) is 5.69 Å². The van der Waals surface area contributed by atoms with Crippen LogP contribution in [0, 0.1) is 18.7 Å². The number of nitrogens with two attached hydrogens (primary N) is 1. The van der Waals surface area contributed by atoms with Crippen LogP contribution < -0.4 is 10.6 Å². The number of halogens is 1. The third kappa shape index (κ3) is 3.61. The van der Waals surface area contributed by atoms with Crippen LogP contribution in [0.4, 0.5) is 14.9 Å². The molecule has 0 spiro atoms. The molecule has 2 unspecified atom stereocenters. The molecule has 8 nitrogen and oxygen atoms in total. The molecule has 30 heavy (non-hydrogen) atoms. The highest BCUT2D eigenvalue weighted by Gasteiger charge is 2.37. The fourth-order valence-corrected chi connectivity index (χ4v) is 3.29. The summed E-state index contributed by atoms with van der Waals surface area (Å²) in [7, 11) is 0. The molecule has 1 aromatic carbocycles. The van der Waals surface area contributed by atoms with Crippen molar-refractivity contribution in [3.05, 3.63) is 60.6 Å². The van der Waals surface area contributed by atoms with Crippen molar-refractivity contribution in [2.45, 2.75) is 20.0 Å². The number of rotatable bonds is 5. The van der Waals surface area contributed by atoms with E-state index in [1.807, 2.05) is 13.1 Å². The number of ether oxygens (including phenoxy) is 1. The first kappa shape index (κ1) is 19.6. The van der Waals surface area contributed by atoms with E-state index in [2.05, 4.69) is 9.97 Å². The monoisotopic (exact) mass is 409 g/mol. The van der Waals surface area contributed by atoms with Gasteiger partial charge in [-0.15, -0.1) is 0 Å². The topological polar surface area (TPSA) is 103 Å². The maximum atomic E-state index is 14.8. The van der Waals surface area contributed by atoms with Crippen LogP contribution >= 0.6 is 0 Å². The molecule has 0 saturated carbocycles. The summed E-state index contributed by atoms with van der Waals surface area (Å²) in [4.78, 5) is 33.3. The van der Waals surface area contributed by atoms with E-state index in [0.29, 0.717) is 22.6 Å². The molecular weight excluding hydrogens is 389 g/mol. The van der Waals surface area contributed by atoms with E-state index in [-0.39, 0.29) is 6.54 Å². The van der Waals surface area contributed by atoms with Gasteiger partial charge in [0.15, 0.2) is 0 Å². The Morgan fingerprint density at radius 3 is 2.70 bits per heavy atom. The minimum atomic E-state index is -0.665. The molecular formula is C21H20FN5O3. The Balaban J connectivity index is 1.55. The number of hydrogen-bond acceptors (Lipinski definition) is 5. The maximum absolute atomic E-state index is 14.8. The Kier molecular flexibility index (Phi) is 4.94. The molecule has 0 radical (unpaired) electrons. The molecule has 4 rings (SSSR count). The quantitative estimate of drug-likeness (QED) is 0.698. The lowest BCUT2D eigenvalue weighted by Crippen LogP contribution is -2.34. The highest BCUT2D eigenvalue weighted by atomic mass is 19.1. The van der Waals surface area contributed by atoms with Gasteiger partial charge in [0.05, 0.1) is 23.8 Å². The summed E-state index contributed by atoms with van der Waals surface area (Å²) in [5.41, 5.74) is 7.46. The highest BCUT2D eigenvalue weighted by Crippen LogP contribution is 2.30. The van der Waals surface area contributed by atoms with Gasteiger partial charge >= 0.3 is 6.09 Å². The van der Waals surface area contributed by atoms with Gasteiger partial charge < -0.3 is 10.5 Å². The zero-order valence-corrected chi connectivity index (χ0v) is 16.4. The van der Waals surface area contributed by atoms with Gasteiger partial charge in [0.2, 0.25) is 5.91 Å². The smallest absolute Gasteiger partial charge is 0.414 e. The molecule has 2 N–H and O–H groups in total. The number of nitrogens with zero attached hydrogens (tertiary/aromatic N) is 4. The van der Waals surface area contributed by atoms with E-state index < -0.39 is 29.8 Å². The van der Waals surface area contributed by atoms with Crippen LogP contribution in [-0.4, -0.2) is 39.2 Å². The molecule has 2 amide bonds. The standard InChI is InChI=1S/C21H20FN5O3/c1-12-9-26(11-25-12)19-6-3-14(8-24-19)16-5-4-15(7-17(16)22)27-10-18(30-21(27)29)13(2)20(23)28/h3-9,11,13,18H,10H2,1-2H3,(H2,23,28). The van der Waals surface area contributed by atoms with E-state index >= 15 is 0 Å². The molecule has 0 bridgehead atoms. The van der Waals surface area contributed by atoms with Crippen molar-refractivity contribution >= 4 is 17.7 Å². The van der Waals surface area contributed by atoms with Gasteiger partial charge in [-0.05, 0) is 44.2 Å². The Bertz CT molecular complexity index is 1110. The normalized spacial score (nSPS) is 17.1. The Morgan fingerprint density at radius 2 is 2.10 bits per heavy atom. The number of hydrogen-bond donors (Lipinski definition) is 1. The first-order valence-electron chi connectivity index (χ1n) is 9.38. The molecule has 1 aliphatic heterocycles. The van der Waals surface area contributed by atoms with Crippen LogP contribution in [0.25, 0.3) is 16.9 Å². The van der Waals surface area contributed by atoms with Crippen LogP contribution in [0.1, 0.15) is 12.6 Å². The van der Waals surface area contributed by atoms with Gasteiger partial charge in [-0.3, -0.25) is 14.3 Å². The number of anilines is 1. The summed E-state index contributed by atoms with van der Waals surface area (Å²) in [6, 6.07) is 8.02. The molecule has 1 saturated heterocycles.